The number of nitrogens with zero attached hydrogens (tertiary/aromatic N) is 1. The second-order valence-electron chi connectivity index (χ2n) is 6.27. The smallest absolute Gasteiger partial charge is 0.240 e. The number of aryl methyl sites for hydroxylation is 2. The number of nitrogens with one attached hydrogen (secondary N) is 1. The molecule has 1 heterocycles. The molecule has 0 unspecified atom stereocenters. The number of amides is 1. The lowest BCUT2D eigenvalue weighted by Crippen LogP contribution is -2.46. The lowest BCUT2D eigenvalue weighted by molar-refractivity contribution is -0.132. The predicted molar refractivity (Wildman–Crippen MR) is 90.7 cm³/mol. The zero-order chi connectivity index (χ0) is 17.0. The molecule has 1 saturated heterocycles. The molecule has 1 aromatic rings. The van der Waals surface area contributed by atoms with Gasteiger partial charge in [0.05, 0.1) is 4.90 Å². The molecule has 1 aliphatic heterocycles. The van der Waals surface area contributed by atoms with Crippen molar-refractivity contribution in [2.75, 3.05) is 13.1 Å². The van der Waals surface area contributed by atoms with Gasteiger partial charge in [-0.2, -0.15) is 0 Å². The van der Waals surface area contributed by atoms with Gasteiger partial charge in [-0.3, -0.25) is 4.79 Å². The van der Waals surface area contributed by atoms with E-state index in [9.17, 15) is 13.2 Å². The molecule has 128 valence electrons. The molecular weight excluding hydrogens is 312 g/mol. The van der Waals surface area contributed by atoms with Gasteiger partial charge < -0.3 is 4.90 Å². The Morgan fingerprint density at radius 2 is 1.87 bits per heavy atom. The first-order valence-corrected chi connectivity index (χ1v) is 9.69. The van der Waals surface area contributed by atoms with E-state index in [1.54, 1.807) is 12.1 Å². The highest BCUT2D eigenvalue weighted by Crippen LogP contribution is 2.18. The summed E-state index contributed by atoms with van der Waals surface area (Å²) in [4.78, 5) is 14.0. The monoisotopic (exact) mass is 338 g/mol. The fraction of sp³-hybridized carbons (Fsp3) is 0.588. The van der Waals surface area contributed by atoms with Gasteiger partial charge in [0.1, 0.15) is 0 Å². The van der Waals surface area contributed by atoms with Crippen LogP contribution in [0.15, 0.2) is 23.1 Å². The van der Waals surface area contributed by atoms with Crippen LogP contribution in [0.5, 0.6) is 0 Å². The minimum absolute atomic E-state index is 0.104. The van der Waals surface area contributed by atoms with Gasteiger partial charge in [0, 0.05) is 25.6 Å². The molecular formula is C17H26N2O3S. The van der Waals surface area contributed by atoms with Crippen molar-refractivity contribution in [3.63, 3.8) is 0 Å². The first kappa shape index (κ1) is 17.9. The Morgan fingerprint density at radius 3 is 2.43 bits per heavy atom. The number of likely N-dealkylation sites (tertiary alicyclic amines) is 1. The minimum Gasteiger partial charge on any atom is -0.343 e. The molecule has 0 atom stereocenters. The van der Waals surface area contributed by atoms with E-state index < -0.39 is 10.0 Å². The van der Waals surface area contributed by atoms with E-state index in [1.165, 1.54) is 0 Å². The summed E-state index contributed by atoms with van der Waals surface area (Å²) >= 11 is 0. The zero-order valence-electron chi connectivity index (χ0n) is 14.1. The third-order valence-corrected chi connectivity index (χ3v) is 5.94. The van der Waals surface area contributed by atoms with Gasteiger partial charge in [-0.15, -0.1) is 0 Å². The van der Waals surface area contributed by atoms with Gasteiger partial charge in [-0.25, -0.2) is 13.1 Å². The fourth-order valence-electron chi connectivity index (χ4n) is 2.79. The van der Waals surface area contributed by atoms with Gasteiger partial charge in [0.15, 0.2) is 0 Å². The highest BCUT2D eigenvalue weighted by molar-refractivity contribution is 7.89. The Balaban J connectivity index is 1.97. The number of rotatable bonds is 5. The van der Waals surface area contributed by atoms with Crippen LogP contribution in [0.2, 0.25) is 0 Å². The van der Waals surface area contributed by atoms with Crippen LogP contribution in [0.1, 0.15) is 43.7 Å². The average Bonchev–Trinajstić information content (AvgIpc) is 2.50. The van der Waals surface area contributed by atoms with E-state index in [4.69, 9.17) is 0 Å². The van der Waals surface area contributed by atoms with Gasteiger partial charge in [0.25, 0.3) is 0 Å². The number of sulfonamides is 1. The van der Waals surface area contributed by atoms with Crippen LogP contribution < -0.4 is 4.72 Å². The summed E-state index contributed by atoms with van der Waals surface area (Å²) in [5, 5.41) is 0. The number of hydrogen-bond donors (Lipinski definition) is 1. The van der Waals surface area contributed by atoms with Crippen LogP contribution in [-0.4, -0.2) is 38.4 Å². The lowest BCUT2D eigenvalue weighted by atomic mass is 10.1. The maximum atomic E-state index is 12.5. The summed E-state index contributed by atoms with van der Waals surface area (Å²) in [6.45, 7) is 7.11. The normalized spacial score (nSPS) is 16.6. The van der Waals surface area contributed by atoms with Crippen molar-refractivity contribution in [2.45, 2.75) is 57.4 Å². The largest absolute Gasteiger partial charge is 0.343 e. The Hall–Kier alpha value is -1.40. The summed E-state index contributed by atoms with van der Waals surface area (Å²) < 4.78 is 27.8. The van der Waals surface area contributed by atoms with Crippen LogP contribution in [-0.2, 0) is 14.8 Å². The molecule has 1 aliphatic rings. The zero-order valence-corrected chi connectivity index (χ0v) is 14.9. The molecule has 1 aromatic carbocycles. The lowest BCUT2D eigenvalue weighted by Gasteiger charge is -2.32. The molecule has 1 fully saturated rings. The van der Waals surface area contributed by atoms with Gasteiger partial charge in [-0.05, 0) is 56.4 Å². The van der Waals surface area contributed by atoms with E-state index in [-0.39, 0.29) is 11.9 Å². The molecule has 1 amide bonds. The molecule has 23 heavy (non-hydrogen) atoms. The molecule has 0 bridgehead atoms. The van der Waals surface area contributed by atoms with Crippen molar-refractivity contribution in [2.24, 2.45) is 0 Å². The third kappa shape index (κ3) is 4.54. The van der Waals surface area contributed by atoms with E-state index in [2.05, 4.69) is 4.72 Å². The van der Waals surface area contributed by atoms with Crippen molar-refractivity contribution < 1.29 is 13.2 Å². The molecule has 1 N–H and O–H groups in total. The quantitative estimate of drug-likeness (QED) is 0.896. The topological polar surface area (TPSA) is 66.5 Å². The van der Waals surface area contributed by atoms with E-state index >= 15 is 0 Å². The molecule has 0 aromatic heterocycles. The molecule has 5 nitrogen and oxygen atoms in total. The SMILES string of the molecule is CCCC(=O)N1CCC(NS(=O)(=O)c2ccc(C)c(C)c2)CC1. The van der Waals surface area contributed by atoms with Crippen molar-refractivity contribution >= 4 is 15.9 Å². The first-order valence-electron chi connectivity index (χ1n) is 8.21. The Kier molecular flexibility index (Phi) is 5.81. The Labute approximate surface area is 139 Å². The Morgan fingerprint density at radius 1 is 1.22 bits per heavy atom. The predicted octanol–water partition coefficient (Wildman–Crippen LogP) is 2.37. The number of hydrogen-bond acceptors (Lipinski definition) is 3. The van der Waals surface area contributed by atoms with Gasteiger partial charge in [-0.1, -0.05) is 13.0 Å². The van der Waals surface area contributed by atoms with Crippen molar-refractivity contribution in [3.8, 4) is 0 Å². The van der Waals surface area contributed by atoms with Crippen LogP contribution in [0.25, 0.3) is 0 Å². The van der Waals surface area contributed by atoms with E-state index in [1.807, 2.05) is 31.7 Å². The highest BCUT2D eigenvalue weighted by atomic mass is 32.2. The van der Waals surface area contributed by atoms with Gasteiger partial charge >= 0.3 is 0 Å². The molecule has 6 heteroatoms. The average molecular weight is 338 g/mol. The van der Waals surface area contributed by atoms with E-state index in [0.29, 0.717) is 37.2 Å². The maximum absolute atomic E-state index is 12.5. The van der Waals surface area contributed by atoms with Crippen LogP contribution in [0, 0.1) is 13.8 Å². The van der Waals surface area contributed by atoms with Crippen molar-refractivity contribution in [1.29, 1.82) is 0 Å². The number of benzene rings is 1. The standard InChI is InChI=1S/C17H26N2O3S/c1-4-5-17(20)19-10-8-15(9-11-19)18-23(21,22)16-7-6-13(2)14(3)12-16/h6-7,12,15,18H,4-5,8-11H2,1-3H3. The maximum Gasteiger partial charge on any atom is 0.240 e. The third-order valence-electron chi connectivity index (χ3n) is 4.42. The molecule has 2 rings (SSSR count). The van der Waals surface area contributed by atoms with Gasteiger partial charge in [0.2, 0.25) is 15.9 Å². The second kappa shape index (κ2) is 7.45. The summed E-state index contributed by atoms with van der Waals surface area (Å²) in [7, 11) is -3.50. The molecule has 0 spiro atoms. The first-order chi connectivity index (χ1) is 10.8. The van der Waals surface area contributed by atoms with Crippen LogP contribution >= 0.6 is 0 Å². The second-order valence-corrected chi connectivity index (χ2v) is 7.99. The summed E-state index contributed by atoms with van der Waals surface area (Å²) in [6, 6.07) is 5.07. The fourth-order valence-corrected chi connectivity index (χ4v) is 4.18. The van der Waals surface area contributed by atoms with E-state index in [0.717, 1.165) is 17.5 Å². The number of piperidine rings is 1. The number of carbonyl (C=O) groups is 1. The minimum atomic E-state index is -3.50. The summed E-state index contributed by atoms with van der Waals surface area (Å²) in [5.74, 6) is 0.169. The van der Waals surface area contributed by atoms with Crippen LogP contribution in [0.3, 0.4) is 0 Å². The summed E-state index contributed by atoms with van der Waals surface area (Å²) in [6.07, 6.45) is 2.75. The van der Waals surface area contributed by atoms with Crippen LogP contribution in [0.4, 0.5) is 0 Å². The van der Waals surface area contributed by atoms with Crippen molar-refractivity contribution in [3.05, 3.63) is 29.3 Å². The highest BCUT2D eigenvalue weighted by Gasteiger charge is 2.26. The molecule has 0 radical (unpaired) electrons. The molecule has 0 aliphatic carbocycles. The molecule has 0 saturated carbocycles. The Bertz CT molecular complexity index is 662. The number of carbonyl (C=O) groups excluding carboxylic acids is 1. The summed E-state index contributed by atoms with van der Waals surface area (Å²) in [5.41, 5.74) is 2.04. The van der Waals surface area contributed by atoms with Crippen molar-refractivity contribution in [1.82, 2.24) is 9.62 Å².